The molecule has 5 aliphatic rings. The maximum atomic E-state index is 14.2. The lowest BCUT2D eigenvalue weighted by Crippen LogP contribution is -2.74. The molecule has 2 heterocycles. The normalized spacial score (nSPS) is 27.8. The Kier molecular flexibility index (Phi) is 8.81. The average Bonchev–Trinajstić information content (AvgIpc) is 3.68. The van der Waals surface area contributed by atoms with Crippen LogP contribution < -0.4 is 15.0 Å². The van der Waals surface area contributed by atoms with Gasteiger partial charge in [0.1, 0.15) is 22.8 Å². The lowest BCUT2D eigenvalue weighted by atomic mass is 9.55. The molecule has 1 aromatic carbocycles. The van der Waals surface area contributed by atoms with E-state index in [1.807, 2.05) is 25.1 Å². The van der Waals surface area contributed by atoms with E-state index in [9.17, 15) is 24.3 Å². The van der Waals surface area contributed by atoms with Gasteiger partial charge in [-0.1, -0.05) is 0 Å². The number of benzene rings is 1. The third-order valence-electron chi connectivity index (χ3n) is 9.90. The number of likely N-dealkylation sites (N-methyl/N-ethyl adjacent to an activating group) is 1. The van der Waals surface area contributed by atoms with Crippen molar-refractivity contribution in [1.29, 1.82) is 0 Å². The van der Waals surface area contributed by atoms with Crippen molar-refractivity contribution in [3.8, 4) is 5.75 Å². The van der Waals surface area contributed by atoms with E-state index >= 15 is 0 Å². The van der Waals surface area contributed by atoms with Crippen LogP contribution in [0.25, 0.3) is 0 Å². The Bertz CT molecular complexity index is 1650. The van der Waals surface area contributed by atoms with Crippen LogP contribution in [0.15, 0.2) is 34.8 Å². The number of carbonyl (C=O) groups is 4. The van der Waals surface area contributed by atoms with Crippen LogP contribution in [0.4, 0.5) is 5.69 Å². The summed E-state index contributed by atoms with van der Waals surface area (Å²) in [5.41, 5.74) is -0.105. The summed E-state index contributed by atoms with van der Waals surface area (Å²) >= 11 is 0. The summed E-state index contributed by atoms with van der Waals surface area (Å²) in [7, 11) is 8.78. The van der Waals surface area contributed by atoms with Crippen molar-refractivity contribution in [1.82, 2.24) is 10.2 Å². The number of carbonyl (C=O) groups excluding carboxylic acids is 4. The molecule has 1 aromatic rings. The number of imide groups is 1. The fourth-order valence-electron chi connectivity index (χ4n) is 8.60. The molecule has 0 aromatic heterocycles. The average molecular weight is 686 g/mol. The standard InChI is InChI=1S/C34H43N3O12/c1-17(38)35-31(42)27-29(48-18(2)39)28(37(6)7)22-16-20-15-21-23(36(4)5)9-10-24(43-8)26(21)33(44-11-12-45-33)25(20)30(41)32(22,49-19(3)40)34(27)46-13-14-47-34/h9-10,20,22,28,41H,11-16H2,1-8H3,(H,35,38,42)/t20-,22-,28-,32-/m0/s1. The van der Waals surface area contributed by atoms with Crippen LogP contribution in [0.2, 0.25) is 0 Å². The van der Waals surface area contributed by atoms with E-state index in [0.29, 0.717) is 17.7 Å². The number of esters is 2. The van der Waals surface area contributed by atoms with Crippen LogP contribution in [0.1, 0.15) is 38.3 Å². The van der Waals surface area contributed by atoms with Gasteiger partial charge >= 0.3 is 11.9 Å². The molecule has 2 fully saturated rings. The molecule has 0 bridgehead atoms. The summed E-state index contributed by atoms with van der Waals surface area (Å²) in [6.07, 6.45) is 0.577. The molecule has 2 spiro atoms. The predicted octanol–water partition coefficient (Wildman–Crippen LogP) is 1.43. The highest BCUT2D eigenvalue weighted by atomic mass is 16.8. The van der Waals surface area contributed by atoms with Gasteiger partial charge in [0.15, 0.2) is 0 Å². The van der Waals surface area contributed by atoms with Gasteiger partial charge in [0.25, 0.3) is 11.7 Å². The molecule has 2 amide bonds. The Hall–Kier alpha value is -4.02. The second-order valence-corrected chi connectivity index (χ2v) is 13.2. The van der Waals surface area contributed by atoms with E-state index in [1.165, 1.54) is 21.0 Å². The zero-order chi connectivity index (χ0) is 35.6. The number of hydrogen-bond donors (Lipinski definition) is 2. The van der Waals surface area contributed by atoms with Crippen LogP contribution in [0.3, 0.4) is 0 Å². The third-order valence-corrected chi connectivity index (χ3v) is 9.90. The number of nitrogens with one attached hydrogen (secondary N) is 1. The quantitative estimate of drug-likeness (QED) is 0.412. The first-order chi connectivity index (χ1) is 23.2. The van der Waals surface area contributed by atoms with Crippen molar-refractivity contribution in [3.63, 3.8) is 0 Å². The van der Waals surface area contributed by atoms with Gasteiger partial charge in [0.2, 0.25) is 17.3 Å². The van der Waals surface area contributed by atoms with Gasteiger partial charge in [-0.15, -0.1) is 0 Å². The molecule has 6 rings (SSSR count). The van der Waals surface area contributed by atoms with E-state index in [2.05, 4.69) is 5.32 Å². The molecule has 4 atom stereocenters. The molecule has 266 valence electrons. The summed E-state index contributed by atoms with van der Waals surface area (Å²) in [6, 6.07) is 2.76. The number of rotatable bonds is 6. The van der Waals surface area contributed by atoms with E-state index in [-0.39, 0.29) is 44.2 Å². The molecule has 49 heavy (non-hydrogen) atoms. The Morgan fingerprint density at radius 1 is 0.939 bits per heavy atom. The van der Waals surface area contributed by atoms with Gasteiger partial charge in [0, 0.05) is 52.0 Å². The zero-order valence-electron chi connectivity index (χ0n) is 29.0. The molecule has 0 unspecified atom stereocenters. The molecule has 0 saturated carbocycles. The molecular formula is C34H43N3O12. The summed E-state index contributed by atoms with van der Waals surface area (Å²) in [5, 5.41) is 15.3. The summed E-state index contributed by atoms with van der Waals surface area (Å²) in [4.78, 5) is 56.1. The molecule has 3 aliphatic carbocycles. The van der Waals surface area contributed by atoms with Crippen molar-refractivity contribution in [3.05, 3.63) is 45.9 Å². The van der Waals surface area contributed by atoms with Crippen molar-refractivity contribution in [2.24, 2.45) is 11.8 Å². The second-order valence-electron chi connectivity index (χ2n) is 13.2. The summed E-state index contributed by atoms with van der Waals surface area (Å²) in [6.45, 7) is 3.64. The highest BCUT2D eigenvalue weighted by molar-refractivity contribution is 6.06. The minimum absolute atomic E-state index is 0.0976. The Labute approximate surface area is 284 Å². The van der Waals surface area contributed by atoms with Crippen LogP contribution in [0, 0.1) is 11.8 Å². The number of methoxy groups -OCH3 is 1. The van der Waals surface area contributed by atoms with E-state index in [0.717, 1.165) is 18.2 Å². The number of nitrogens with zero attached hydrogens (tertiary/aromatic N) is 2. The first kappa shape index (κ1) is 34.8. The van der Waals surface area contributed by atoms with Crippen molar-refractivity contribution < 1.29 is 57.4 Å². The number of aliphatic hydroxyl groups is 1. The monoisotopic (exact) mass is 685 g/mol. The highest BCUT2D eigenvalue weighted by Crippen LogP contribution is 2.65. The molecule has 0 radical (unpaired) electrons. The topological polar surface area (TPSA) is 172 Å². The zero-order valence-corrected chi connectivity index (χ0v) is 29.0. The van der Waals surface area contributed by atoms with Gasteiger partial charge in [0.05, 0.1) is 45.1 Å². The number of anilines is 1. The SMILES string of the molecule is COc1ccc(N(C)C)c2c1C1(OCCO1)C1=C(O)[C@@]3(OC(C)=O)[C@@H](C[C@@H]1C2)[C@H](N(C)C)C(OC(C)=O)=C(C(=O)NC(C)=O)C31OCCO1. The lowest BCUT2D eigenvalue weighted by Gasteiger charge is -2.60. The molecule has 2 N–H and O–H groups in total. The van der Waals surface area contributed by atoms with Gasteiger partial charge in [-0.05, 0) is 50.6 Å². The fourth-order valence-corrected chi connectivity index (χ4v) is 8.60. The van der Waals surface area contributed by atoms with Crippen LogP contribution in [-0.2, 0) is 59.8 Å². The van der Waals surface area contributed by atoms with E-state index in [4.69, 9.17) is 33.2 Å². The Morgan fingerprint density at radius 3 is 2.10 bits per heavy atom. The van der Waals surface area contributed by atoms with Crippen molar-refractivity contribution in [2.45, 2.75) is 56.8 Å². The number of amides is 2. The van der Waals surface area contributed by atoms with Crippen molar-refractivity contribution in [2.75, 3.05) is 66.6 Å². The first-order valence-corrected chi connectivity index (χ1v) is 16.1. The first-order valence-electron chi connectivity index (χ1n) is 16.1. The van der Waals surface area contributed by atoms with Crippen LogP contribution in [-0.4, -0.2) is 113 Å². The van der Waals surface area contributed by atoms with Crippen LogP contribution >= 0.6 is 0 Å². The van der Waals surface area contributed by atoms with Crippen molar-refractivity contribution >= 4 is 29.4 Å². The van der Waals surface area contributed by atoms with Gasteiger partial charge in [-0.2, -0.15) is 0 Å². The predicted molar refractivity (Wildman–Crippen MR) is 170 cm³/mol. The highest BCUT2D eigenvalue weighted by Gasteiger charge is 2.77. The number of aliphatic hydroxyl groups excluding tert-OH is 1. The summed E-state index contributed by atoms with van der Waals surface area (Å²) < 4.78 is 43.6. The molecule has 2 saturated heterocycles. The Morgan fingerprint density at radius 2 is 1.57 bits per heavy atom. The maximum absolute atomic E-state index is 14.2. The van der Waals surface area contributed by atoms with E-state index < -0.39 is 70.1 Å². The molecule has 15 heteroatoms. The van der Waals surface area contributed by atoms with Gasteiger partial charge in [-0.3, -0.25) is 29.4 Å². The fraction of sp³-hybridized carbons (Fsp3) is 0.588. The minimum Gasteiger partial charge on any atom is -0.508 e. The lowest BCUT2D eigenvalue weighted by molar-refractivity contribution is -0.288. The molecule has 2 aliphatic heterocycles. The largest absolute Gasteiger partial charge is 0.508 e. The minimum atomic E-state index is -2.38. The maximum Gasteiger partial charge on any atom is 0.307 e. The van der Waals surface area contributed by atoms with Crippen LogP contribution in [0.5, 0.6) is 5.75 Å². The number of hydrogen-bond acceptors (Lipinski definition) is 14. The van der Waals surface area contributed by atoms with Gasteiger partial charge in [-0.25, -0.2) is 0 Å². The smallest absolute Gasteiger partial charge is 0.307 e. The molecular weight excluding hydrogens is 642 g/mol. The number of fused-ring (bicyclic) bond motifs is 6. The van der Waals surface area contributed by atoms with Gasteiger partial charge < -0.3 is 43.2 Å². The number of ether oxygens (including phenoxy) is 7. The van der Waals surface area contributed by atoms with E-state index in [1.54, 1.807) is 25.1 Å². The summed E-state index contributed by atoms with van der Waals surface area (Å²) in [5.74, 6) is -8.99. The Balaban J connectivity index is 1.76. The third kappa shape index (κ3) is 4.96. The second kappa shape index (κ2) is 12.4. The molecule has 15 nitrogen and oxygen atoms in total.